The molecule has 5 nitrogen and oxygen atoms in total. The zero-order chi connectivity index (χ0) is 14.8. The number of aromatic nitrogens is 2. The monoisotopic (exact) mass is 289 g/mol. The average molecular weight is 289 g/mol. The Morgan fingerprint density at radius 2 is 1.95 bits per heavy atom. The van der Waals surface area contributed by atoms with Gasteiger partial charge in [-0.3, -0.25) is 19.8 Å². The van der Waals surface area contributed by atoms with Crippen molar-refractivity contribution in [2.75, 3.05) is 6.54 Å². The van der Waals surface area contributed by atoms with E-state index < -0.39 is 0 Å². The predicted octanol–water partition coefficient (Wildman–Crippen LogP) is 2.21. The van der Waals surface area contributed by atoms with Gasteiger partial charge < -0.3 is 4.90 Å². The molecule has 3 rings (SSSR count). The van der Waals surface area contributed by atoms with Gasteiger partial charge in [-0.15, -0.1) is 0 Å². The van der Waals surface area contributed by atoms with Crippen LogP contribution in [-0.2, 0) is 0 Å². The fourth-order valence-corrected chi connectivity index (χ4v) is 2.81. The summed E-state index contributed by atoms with van der Waals surface area (Å²) in [6, 6.07) is 7.43. The molecule has 2 heterocycles. The van der Waals surface area contributed by atoms with Gasteiger partial charge in [0.15, 0.2) is 0 Å². The molecule has 0 spiro atoms. The van der Waals surface area contributed by atoms with Gasteiger partial charge in [-0.1, -0.05) is 12.1 Å². The lowest BCUT2D eigenvalue weighted by Crippen LogP contribution is -2.38. The van der Waals surface area contributed by atoms with E-state index in [2.05, 4.69) is 10.2 Å². The number of likely N-dealkylation sites (tertiary alicyclic amines) is 1. The highest BCUT2D eigenvalue weighted by molar-refractivity contribution is 5.92. The molecule has 21 heavy (non-hydrogen) atoms. The van der Waals surface area contributed by atoms with Crippen molar-refractivity contribution in [2.24, 2.45) is 0 Å². The first-order valence-electron chi connectivity index (χ1n) is 6.99. The molecule has 2 N–H and O–H groups in total. The van der Waals surface area contributed by atoms with Gasteiger partial charge in [-0.25, -0.2) is 4.39 Å². The molecule has 1 amide bonds. The molecule has 1 fully saturated rings. The van der Waals surface area contributed by atoms with Gasteiger partial charge in [0.25, 0.3) is 11.5 Å². The van der Waals surface area contributed by atoms with Crippen molar-refractivity contribution in [2.45, 2.75) is 25.3 Å². The fraction of sp³-hybridized carbons (Fsp3) is 0.333. The van der Waals surface area contributed by atoms with Gasteiger partial charge >= 0.3 is 0 Å². The second-order valence-corrected chi connectivity index (χ2v) is 5.23. The van der Waals surface area contributed by atoms with Gasteiger partial charge in [0, 0.05) is 12.6 Å². The van der Waals surface area contributed by atoms with Crippen molar-refractivity contribution in [3.63, 3.8) is 0 Å². The Kier molecular flexibility index (Phi) is 3.60. The second kappa shape index (κ2) is 5.55. The van der Waals surface area contributed by atoms with E-state index in [1.54, 1.807) is 17.0 Å². The van der Waals surface area contributed by atoms with Crippen molar-refractivity contribution in [3.8, 4) is 0 Å². The maximum atomic E-state index is 13.1. The molecule has 0 radical (unpaired) electrons. The fourth-order valence-electron chi connectivity index (χ4n) is 2.81. The van der Waals surface area contributed by atoms with E-state index in [1.165, 1.54) is 18.2 Å². The van der Waals surface area contributed by atoms with Crippen molar-refractivity contribution >= 4 is 5.91 Å². The predicted molar refractivity (Wildman–Crippen MR) is 75.4 cm³/mol. The molecule has 0 bridgehead atoms. The molecule has 6 heteroatoms. The van der Waals surface area contributed by atoms with Crippen molar-refractivity contribution in [1.29, 1.82) is 0 Å². The van der Waals surface area contributed by atoms with E-state index in [4.69, 9.17) is 0 Å². The van der Waals surface area contributed by atoms with E-state index >= 15 is 0 Å². The number of nitrogens with zero attached hydrogens (tertiary/aromatic N) is 1. The summed E-state index contributed by atoms with van der Waals surface area (Å²) in [6.45, 7) is 0.633. The van der Waals surface area contributed by atoms with Crippen LogP contribution in [0.4, 0.5) is 4.39 Å². The van der Waals surface area contributed by atoms with E-state index in [-0.39, 0.29) is 29.0 Å². The maximum Gasteiger partial charge on any atom is 0.272 e. The molecule has 1 unspecified atom stereocenters. The lowest BCUT2D eigenvalue weighted by atomic mass is 9.95. The molecule has 1 saturated heterocycles. The standard InChI is InChI=1S/C15H16FN3O2/c16-11-6-4-10(5-7-11)13-3-1-2-8-19(13)15(21)12-9-14(20)18-17-12/h4-7,9,13H,1-3,8H2,(H2,17,18,20). The number of benzene rings is 1. The molecule has 1 aromatic carbocycles. The average Bonchev–Trinajstić information content (AvgIpc) is 2.94. The number of halogens is 1. The molecule has 1 aromatic heterocycles. The summed E-state index contributed by atoms with van der Waals surface area (Å²) >= 11 is 0. The summed E-state index contributed by atoms with van der Waals surface area (Å²) in [5.41, 5.74) is 0.852. The SMILES string of the molecule is O=C(c1cc(=O)[nH][nH]1)N1CCCCC1c1ccc(F)cc1. The molecule has 0 aliphatic carbocycles. The topological polar surface area (TPSA) is 69.0 Å². The number of carbonyl (C=O) groups excluding carboxylic acids is 1. The van der Waals surface area contributed by atoms with Crippen LogP contribution in [0, 0.1) is 5.82 Å². The van der Waals surface area contributed by atoms with Crippen LogP contribution < -0.4 is 5.56 Å². The third kappa shape index (κ3) is 2.74. The number of piperidine rings is 1. The van der Waals surface area contributed by atoms with Crippen LogP contribution in [0.25, 0.3) is 0 Å². The number of H-pyrrole nitrogens is 2. The number of rotatable bonds is 2. The molecule has 0 saturated carbocycles. The summed E-state index contributed by atoms with van der Waals surface area (Å²) in [5.74, 6) is -0.496. The van der Waals surface area contributed by atoms with Gasteiger partial charge in [0.05, 0.1) is 6.04 Å². The third-order valence-corrected chi connectivity index (χ3v) is 3.84. The Hall–Kier alpha value is -2.37. The van der Waals surface area contributed by atoms with Crippen molar-refractivity contribution in [1.82, 2.24) is 15.1 Å². The van der Waals surface area contributed by atoms with Crippen LogP contribution in [0.3, 0.4) is 0 Å². The first kappa shape index (κ1) is 13.6. The Bertz CT molecular complexity index is 689. The quantitative estimate of drug-likeness (QED) is 0.890. The number of aromatic amines is 2. The summed E-state index contributed by atoms with van der Waals surface area (Å²) < 4.78 is 13.1. The molecular formula is C15H16FN3O2. The van der Waals surface area contributed by atoms with E-state index in [9.17, 15) is 14.0 Å². The summed E-state index contributed by atoms with van der Waals surface area (Å²) in [7, 11) is 0. The van der Waals surface area contributed by atoms with Crippen LogP contribution >= 0.6 is 0 Å². The summed E-state index contributed by atoms with van der Waals surface area (Å²) in [5, 5.41) is 4.97. The van der Waals surface area contributed by atoms with E-state index in [0.717, 1.165) is 24.8 Å². The molecular weight excluding hydrogens is 273 g/mol. The maximum absolute atomic E-state index is 13.1. The van der Waals surface area contributed by atoms with Gasteiger partial charge in [-0.2, -0.15) is 0 Å². The Labute approximate surface area is 120 Å². The van der Waals surface area contributed by atoms with Crippen LogP contribution in [0.2, 0.25) is 0 Å². The minimum atomic E-state index is -0.325. The molecule has 110 valence electrons. The first-order valence-corrected chi connectivity index (χ1v) is 6.99. The number of hydrogen-bond acceptors (Lipinski definition) is 2. The molecule has 1 aliphatic heterocycles. The highest BCUT2D eigenvalue weighted by Gasteiger charge is 2.29. The Balaban J connectivity index is 1.89. The Morgan fingerprint density at radius 3 is 2.62 bits per heavy atom. The lowest BCUT2D eigenvalue weighted by Gasteiger charge is -2.35. The highest BCUT2D eigenvalue weighted by Crippen LogP contribution is 2.31. The van der Waals surface area contributed by atoms with Gasteiger partial charge in [-0.05, 0) is 37.0 Å². The minimum Gasteiger partial charge on any atom is -0.330 e. The molecule has 1 aliphatic rings. The van der Waals surface area contributed by atoms with E-state index in [1.807, 2.05) is 0 Å². The number of nitrogens with one attached hydrogen (secondary N) is 2. The normalized spacial score (nSPS) is 18.7. The van der Waals surface area contributed by atoms with E-state index in [0.29, 0.717) is 6.54 Å². The summed E-state index contributed by atoms with van der Waals surface area (Å²) in [4.78, 5) is 25.4. The van der Waals surface area contributed by atoms with Crippen LogP contribution in [0.5, 0.6) is 0 Å². The first-order chi connectivity index (χ1) is 10.1. The second-order valence-electron chi connectivity index (χ2n) is 5.23. The smallest absolute Gasteiger partial charge is 0.272 e. The van der Waals surface area contributed by atoms with Gasteiger partial charge in [0.2, 0.25) is 0 Å². The number of carbonyl (C=O) groups is 1. The largest absolute Gasteiger partial charge is 0.330 e. The minimum absolute atomic E-state index is 0.0785. The lowest BCUT2D eigenvalue weighted by molar-refractivity contribution is 0.0605. The van der Waals surface area contributed by atoms with Crippen LogP contribution in [0.15, 0.2) is 35.1 Å². The van der Waals surface area contributed by atoms with Gasteiger partial charge in [0.1, 0.15) is 11.5 Å². The van der Waals surface area contributed by atoms with Crippen LogP contribution in [-0.4, -0.2) is 27.5 Å². The van der Waals surface area contributed by atoms with Crippen molar-refractivity contribution < 1.29 is 9.18 Å². The number of amides is 1. The molecule has 1 atom stereocenters. The number of hydrogen-bond donors (Lipinski definition) is 2. The zero-order valence-electron chi connectivity index (χ0n) is 11.4. The molecule has 2 aromatic rings. The Morgan fingerprint density at radius 1 is 1.19 bits per heavy atom. The zero-order valence-corrected chi connectivity index (χ0v) is 11.4. The third-order valence-electron chi connectivity index (χ3n) is 3.84. The summed E-state index contributed by atoms with van der Waals surface area (Å²) in [6.07, 6.45) is 2.79. The highest BCUT2D eigenvalue weighted by atomic mass is 19.1. The van der Waals surface area contributed by atoms with Crippen molar-refractivity contribution in [3.05, 3.63) is 57.8 Å². The van der Waals surface area contributed by atoms with Crippen LogP contribution in [0.1, 0.15) is 41.4 Å².